The molecule has 8 nitrogen and oxygen atoms in total. The summed E-state index contributed by atoms with van der Waals surface area (Å²) in [6.07, 6.45) is 0. The van der Waals surface area contributed by atoms with Crippen molar-refractivity contribution in [3.05, 3.63) is 64.6 Å². The molecule has 1 aromatic heterocycles. The van der Waals surface area contributed by atoms with Crippen molar-refractivity contribution in [2.24, 2.45) is 0 Å². The number of para-hydroxylation sites is 3. The Morgan fingerprint density at radius 1 is 0.967 bits per heavy atom. The van der Waals surface area contributed by atoms with Crippen molar-refractivity contribution in [3.8, 4) is 0 Å². The maximum absolute atomic E-state index is 12.9. The number of morpholine rings is 1. The van der Waals surface area contributed by atoms with Crippen LogP contribution in [-0.4, -0.2) is 52.2 Å². The van der Waals surface area contributed by atoms with Gasteiger partial charge in [0.25, 0.3) is 5.91 Å². The number of hydrogen-bond donors (Lipinski definition) is 1. The molecule has 4 rings (SSSR count). The summed E-state index contributed by atoms with van der Waals surface area (Å²) in [5.41, 5.74) is 2.13. The molecule has 1 aliphatic heterocycles. The summed E-state index contributed by atoms with van der Waals surface area (Å²) in [5, 5.41) is 2.81. The highest BCUT2D eigenvalue weighted by atomic mass is 16.5. The summed E-state index contributed by atoms with van der Waals surface area (Å²) < 4.78 is 8.40. The number of nitrogens with zero attached hydrogens (tertiary/aromatic N) is 3. The fourth-order valence-corrected chi connectivity index (χ4v) is 3.78. The first-order chi connectivity index (χ1) is 14.6. The molecule has 1 aliphatic rings. The molecule has 2 heterocycles. The number of carbonyl (C=O) groups is 2. The molecule has 30 heavy (non-hydrogen) atoms. The van der Waals surface area contributed by atoms with Gasteiger partial charge in [0.2, 0.25) is 5.91 Å². The van der Waals surface area contributed by atoms with Gasteiger partial charge in [0.05, 0.1) is 35.5 Å². The van der Waals surface area contributed by atoms with Crippen molar-refractivity contribution in [2.45, 2.75) is 20.0 Å². The van der Waals surface area contributed by atoms with Gasteiger partial charge >= 0.3 is 5.69 Å². The van der Waals surface area contributed by atoms with Crippen LogP contribution in [-0.2, 0) is 22.6 Å². The highest BCUT2D eigenvalue weighted by molar-refractivity contribution is 6.03. The molecule has 1 N–H and O–H groups in total. The Bertz CT molecular complexity index is 1140. The number of aromatic nitrogens is 2. The number of carbonyl (C=O) groups excluding carboxylic acids is 2. The van der Waals surface area contributed by atoms with Crippen molar-refractivity contribution in [1.29, 1.82) is 0 Å². The Kier molecular flexibility index (Phi) is 5.67. The Labute approximate surface area is 173 Å². The highest BCUT2D eigenvalue weighted by Crippen LogP contribution is 2.19. The van der Waals surface area contributed by atoms with E-state index in [-0.39, 0.29) is 24.0 Å². The van der Waals surface area contributed by atoms with Gasteiger partial charge in [0, 0.05) is 19.6 Å². The summed E-state index contributed by atoms with van der Waals surface area (Å²) in [6, 6.07) is 14.3. The molecule has 0 aliphatic carbocycles. The number of hydrogen-bond acceptors (Lipinski definition) is 4. The molecular weight excluding hydrogens is 384 g/mol. The van der Waals surface area contributed by atoms with Crippen LogP contribution in [0.5, 0.6) is 0 Å². The van der Waals surface area contributed by atoms with Crippen molar-refractivity contribution >= 4 is 28.5 Å². The minimum Gasteiger partial charge on any atom is -0.378 e. The first-order valence-corrected chi connectivity index (χ1v) is 10.0. The number of rotatable bonds is 5. The summed E-state index contributed by atoms with van der Waals surface area (Å²) >= 11 is 0. The van der Waals surface area contributed by atoms with Crippen molar-refractivity contribution in [3.63, 3.8) is 0 Å². The molecule has 1 fully saturated rings. The molecule has 2 aromatic carbocycles. The lowest BCUT2D eigenvalue weighted by atomic mass is 10.1. The number of benzene rings is 2. The molecule has 0 spiro atoms. The SMILES string of the molecule is CCn1c(=O)n(CC(=O)Nc2ccccc2C(=O)N2CCOCC2)c2ccccc21. The van der Waals surface area contributed by atoms with E-state index in [4.69, 9.17) is 4.74 Å². The van der Waals surface area contributed by atoms with E-state index < -0.39 is 0 Å². The Morgan fingerprint density at radius 2 is 1.60 bits per heavy atom. The first kappa shape index (κ1) is 19.9. The molecule has 0 unspecified atom stereocenters. The summed E-state index contributed by atoms with van der Waals surface area (Å²) in [4.78, 5) is 40.2. The van der Waals surface area contributed by atoms with Crippen LogP contribution >= 0.6 is 0 Å². The number of imidazole rings is 1. The number of anilines is 1. The quantitative estimate of drug-likeness (QED) is 0.699. The lowest BCUT2D eigenvalue weighted by Gasteiger charge is -2.27. The minimum atomic E-state index is -0.363. The van der Waals surface area contributed by atoms with Gasteiger partial charge in [-0.15, -0.1) is 0 Å². The third-order valence-corrected chi connectivity index (χ3v) is 5.27. The molecule has 0 saturated carbocycles. The average Bonchev–Trinajstić information content (AvgIpc) is 3.05. The lowest BCUT2D eigenvalue weighted by Crippen LogP contribution is -2.41. The van der Waals surface area contributed by atoms with Crippen molar-refractivity contribution in [1.82, 2.24) is 14.0 Å². The van der Waals surface area contributed by atoms with E-state index in [0.717, 1.165) is 5.52 Å². The average molecular weight is 408 g/mol. The van der Waals surface area contributed by atoms with Gasteiger partial charge in [-0.25, -0.2) is 4.79 Å². The van der Waals surface area contributed by atoms with Gasteiger partial charge in [0.15, 0.2) is 0 Å². The van der Waals surface area contributed by atoms with Gasteiger partial charge < -0.3 is 15.0 Å². The van der Waals surface area contributed by atoms with Crippen LogP contribution in [0.15, 0.2) is 53.3 Å². The zero-order chi connectivity index (χ0) is 21.1. The third-order valence-electron chi connectivity index (χ3n) is 5.27. The van der Waals surface area contributed by atoms with Gasteiger partial charge in [-0.1, -0.05) is 24.3 Å². The van der Waals surface area contributed by atoms with E-state index >= 15 is 0 Å². The number of fused-ring (bicyclic) bond motifs is 1. The number of nitrogens with one attached hydrogen (secondary N) is 1. The monoisotopic (exact) mass is 408 g/mol. The van der Waals surface area contributed by atoms with E-state index in [1.54, 1.807) is 33.7 Å². The molecule has 0 bridgehead atoms. The second-order valence-corrected chi connectivity index (χ2v) is 7.10. The topological polar surface area (TPSA) is 85.6 Å². The van der Waals surface area contributed by atoms with Crippen LogP contribution in [0.2, 0.25) is 0 Å². The van der Waals surface area contributed by atoms with Crippen molar-refractivity contribution < 1.29 is 14.3 Å². The smallest absolute Gasteiger partial charge is 0.329 e. The Balaban J connectivity index is 1.57. The predicted octanol–water partition coefficient (Wildman–Crippen LogP) is 1.93. The molecule has 3 aromatic rings. The number of aryl methyl sites for hydroxylation is 1. The standard InChI is InChI=1S/C22H24N4O4/c1-2-25-18-9-5-6-10-19(18)26(22(25)29)15-20(27)23-17-8-4-3-7-16(17)21(28)24-11-13-30-14-12-24/h3-10H,2,11-15H2,1H3,(H,23,27). The van der Waals surface area contributed by atoms with E-state index in [1.165, 1.54) is 4.57 Å². The normalized spacial score (nSPS) is 14.1. The maximum Gasteiger partial charge on any atom is 0.329 e. The third kappa shape index (κ3) is 3.73. The molecule has 0 radical (unpaired) electrons. The molecule has 8 heteroatoms. The molecular formula is C22H24N4O4. The lowest BCUT2D eigenvalue weighted by molar-refractivity contribution is -0.116. The van der Waals surface area contributed by atoms with Gasteiger partial charge in [0.1, 0.15) is 6.54 Å². The summed E-state index contributed by atoms with van der Waals surface area (Å²) in [5.74, 6) is -0.507. The second kappa shape index (κ2) is 8.54. The summed E-state index contributed by atoms with van der Waals surface area (Å²) in [7, 11) is 0. The van der Waals surface area contributed by atoms with Crippen LogP contribution in [0, 0.1) is 0 Å². The fraction of sp³-hybridized carbons (Fsp3) is 0.318. The largest absolute Gasteiger partial charge is 0.378 e. The second-order valence-electron chi connectivity index (χ2n) is 7.10. The molecule has 2 amide bonds. The predicted molar refractivity (Wildman–Crippen MR) is 114 cm³/mol. The van der Waals surface area contributed by atoms with Crippen LogP contribution in [0.4, 0.5) is 5.69 Å². The van der Waals surface area contributed by atoms with Gasteiger partial charge in [-0.2, -0.15) is 0 Å². The van der Waals surface area contributed by atoms with Crippen molar-refractivity contribution in [2.75, 3.05) is 31.6 Å². The Morgan fingerprint density at radius 3 is 2.30 bits per heavy atom. The van der Waals surface area contributed by atoms with Crippen LogP contribution < -0.4 is 11.0 Å². The molecule has 156 valence electrons. The van der Waals surface area contributed by atoms with Crippen LogP contribution in [0.1, 0.15) is 17.3 Å². The van der Waals surface area contributed by atoms with Gasteiger partial charge in [-0.3, -0.25) is 18.7 Å². The van der Waals surface area contributed by atoms with E-state index in [9.17, 15) is 14.4 Å². The van der Waals surface area contributed by atoms with E-state index in [0.29, 0.717) is 49.6 Å². The fourth-order valence-electron chi connectivity index (χ4n) is 3.78. The van der Waals surface area contributed by atoms with E-state index in [1.807, 2.05) is 31.2 Å². The number of amides is 2. The maximum atomic E-state index is 12.9. The number of ether oxygens (including phenoxy) is 1. The molecule has 0 atom stereocenters. The van der Waals surface area contributed by atoms with Crippen LogP contribution in [0.25, 0.3) is 11.0 Å². The highest BCUT2D eigenvalue weighted by Gasteiger charge is 2.22. The summed E-state index contributed by atoms with van der Waals surface area (Å²) in [6.45, 7) is 4.33. The van der Waals surface area contributed by atoms with Gasteiger partial charge in [-0.05, 0) is 31.2 Å². The van der Waals surface area contributed by atoms with E-state index in [2.05, 4.69) is 5.32 Å². The zero-order valence-electron chi connectivity index (χ0n) is 16.8. The first-order valence-electron chi connectivity index (χ1n) is 10.0. The van der Waals surface area contributed by atoms with Crippen LogP contribution in [0.3, 0.4) is 0 Å². The molecule has 1 saturated heterocycles. The zero-order valence-corrected chi connectivity index (χ0v) is 16.8. The Hall–Kier alpha value is -3.39. The minimum absolute atomic E-state index is 0.133.